The molecule has 1 fully saturated rings. The Balaban J connectivity index is 1.64. The zero-order chi connectivity index (χ0) is 23.1. The summed E-state index contributed by atoms with van der Waals surface area (Å²) in [7, 11) is 0. The first kappa shape index (κ1) is 23.8. The molecule has 0 bridgehead atoms. The molecule has 1 aliphatic rings. The number of anilines is 1. The number of carbonyl (C=O) groups excluding carboxylic acids is 3. The number of nitrogens with zero attached hydrogens (tertiary/aromatic N) is 2. The molecule has 6 nitrogen and oxygen atoms in total. The number of nitrogens with one attached hydrogen (secondary N) is 1. The normalized spacial score (nSPS) is 15.8. The lowest BCUT2D eigenvalue weighted by Gasteiger charge is -2.35. The molecule has 3 rings (SSSR count). The number of piperidine rings is 1. The summed E-state index contributed by atoms with van der Waals surface area (Å²) >= 11 is 5.92. The fourth-order valence-corrected chi connectivity index (χ4v) is 4.14. The molecule has 1 heterocycles. The number of hydrogen-bond acceptors (Lipinski definition) is 3. The number of benzene rings is 2. The molecular formula is C25H30ClN3O3. The van der Waals surface area contributed by atoms with Gasteiger partial charge in [-0.25, -0.2) is 0 Å². The first-order valence-corrected chi connectivity index (χ1v) is 11.5. The monoisotopic (exact) mass is 455 g/mol. The van der Waals surface area contributed by atoms with E-state index in [2.05, 4.69) is 5.32 Å². The quantitative estimate of drug-likeness (QED) is 0.673. The van der Waals surface area contributed by atoms with Gasteiger partial charge in [0.15, 0.2) is 0 Å². The van der Waals surface area contributed by atoms with Gasteiger partial charge in [0.1, 0.15) is 0 Å². The number of likely N-dealkylation sites (tertiary alicyclic amines) is 1. The van der Waals surface area contributed by atoms with Gasteiger partial charge in [-0.3, -0.25) is 14.4 Å². The highest BCUT2D eigenvalue weighted by Gasteiger charge is 2.32. The van der Waals surface area contributed by atoms with Crippen molar-refractivity contribution in [2.24, 2.45) is 5.92 Å². The summed E-state index contributed by atoms with van der Waals surface area (Å²) in [5.74, 6) is -0.692. The van der Waals surface area contributed by atoms with E-state index in [1.807, 2.05) is 38.1 Å². The second-order valence-electron chi connectivity index (χ2n) is 8.22. The zero-order valence-corrected chi connectivity index (χ0v) is 19.4. The second-order valence-corrected chi connectivity index (χ2v) is 8.66. The Bertz CT molecular complexity index is 961. The number of carbonyl (C=O) groups is 3. The van der Waals surface area contributed by atoms with Crippen LogP contribution in [0, 0.1) is 12.8 Å². The minimum atomic E-state index is -0.308. The molecule has 7 heteroatoms. The lowest BCUT2D eigenvalue weighted by Crippen LogP contribution is -2.48. The van der Waals surface area contributed by atoms with Crippen molar-refractivity contribution in [1.82, 2.24) is 9.80 Å². The van der Waals surface area contributed by atoms with E-state index in [4.69, 9.17) is 11.6 Å². The largest absolute Gasteiger partial charge is 0.338 e. The van der Waals surface area contributed by atoms with Crippen molar-refractivity contribution in [3.8, 4) is 0 Å². The van der Waals surface area contributed by atoms with Crippen LogP contribution in [0.2, 0.25) is 5.02 Å². The minimum absolute atomic E-state index is 0.00262. The van der Waals surface area contributed by atoms with Crippen molar-refractivity contribution in [2.45, 2.75) is 33.1 Å². The van der Waals surface area contributed by atoms with E-state index in [0.717, 1.165) is 24.1 Å². The number of amides is 3. The van der Waals surface area contributed by atoms with Crippen molar-refractivity contribution in [2.75, 3.05) is 31.5 Å². The second kappa shape index (κ2) is 11.1. The number of aryl methyl sites for hydroxylation is 1. The minimum Gasteiger partial charge on any atom is -0.338 e. The summed E-state index contributed by atoms with van der Waals surface area (Å²) < 4.78 is 0. The summed E-state index contributed by atoms with van der Waals surface area (Å²) in [5.41, 5.74) is 2.28. The maximum absolute atomic E-state index is 13.3. The molecule has 0 unspecified atom stereocenters. The van der Waals surface area contributed by atoms with Crippen LogP contribution in [0.25, 0.3) is 0 Å². The predicted octanol–water partition coefficient (Wildman–Crippen LogP) is 4.38. The SMILES string of the molecule is CCCN(CC(=O)Nc1ccccc1C)C(=O)[C@H]1CCCN(C(=O)c2ccc(Cl)cc2)C1. The van der Waals surface area contributed by atoms with Crippen LogP contribution in [-0.4, -0.2) is 53.7 Å². The zero-order valence-electron chi connectivity index (χ0n) is 18.6. The number of para-hydroxylation sites is 1. The lowest BCUT2D eigenvalue weighted by molar-refractivity contribution is -0.139. The van der Waals surface area contributed by atoms with Gasteiger partial charge in [-0.1, -0.05) is 36.7 Å². The van der Waals surface area contributed by atoms with Crippen LogP contribution < -0.4 is 5.32 Å². The molecule has 32 heavy (non-hydrogen) atoms. The highest BCUT2D eigenvalue weighted by molar-refractivity contribution is 6.30. The maximum Gasteiger partial charge on any atom is 0.253 e. The Labute approximate surface area is 194 Å². The van der Waals surface area contributed by atoms with Gasteiger partial charge < -0.3 is 15.1 Å². The third-order valence-electron chi connectivity index (χ3n) is 5.71. The standard InChI is InChI=1S/C25H30ClN3O3/c1-3-14-28(17-23(30)27-22-9-5-4-7-18(22)2)25(32)20-8-6-15-29(16-20)24(31)19-10-12-21(26)13-11-19/h4-5,7,9-13,20H,3,6,8,14-17H2,1-2H3,(H,27,30)/t20-/m0/s1. The fraction of sp³-hybridized carbons (Fsp3) is 0.400. The molecule has 3 amide bonds. The van der Waals surface area contributed by atoms with Gasteiger partial charge in [0, 0.05) is 35.9 Å². The molecule has 1 N–H and O–H groups in total. The van der Waals surface area contributed by atoms with E-state index in [1.165, 1.54) is 0 Å². The Kier molecular flexibility index (Phi) is 8.28. The first-order valence-electron chi connectivity index (χ1n) is 11.1. The first-order chi connectivity index (χ1) is 15.4. The molecule has 2 aromatic rings. The molecule has 0 saturated carbocycles. The third-order valence-corrected chi connectivity index (χ3v) is 5.96. The van der Waals surface area contributed by atoms with Crippen LogP contribution in [-0.2, 0) is 9.59 Å². The molecule has 1 aliphatic heterocycles. The Morgan fingerprint density at radius 1 is 1.12 bits per heavy atom. The van der Waals surface area contributed by atoms with Gasteiger partial charge in [0.25, 0.3) is 5.91 Å². The highest BCUT2D eigenvalue weighted by atomic mass is 35.5. The van der Waals surface area contributed by atoms with Gasteiger partial charge in [-0.15, -0.1) is 0 Å². The summed E-state index contributed by atoms with van der Waals surface area (Å²) in [6, 6.07) is 14.4. The number of hydrogen-bond donors (Lipinski definition) is 1. The molecule has 0 spiro atoms. The van der Waals surface area contributed by atoms with E-state index >= 15 is 0 Å². The van der Waals surface area contributed by atoms with E-state index in [1.54, 1.807) is 34.1 Å². The van der Waals surface area contributed by atoms with Crippen molar-refractivity contribution >= 4 is 35.0 Å². The van der Waals surface area contributed by atoms with Crippen LogP contribution in [0.1, 0.15) is 42.1 Å². The van der Waals surface area contributed by atoms with E-state index in [-0.39, 0.29) is 30.2 Å². The van der Waals surface area contributed by atoms with Crippen LogP contribution in [0.4, 0.5) is 5.69 Å². The number of rotatable bonds is 7. The van der Waals surface area contributed by atoms with E-state index in [0.29, 0.717) is 36.6 Å². The van der Waals surface area contributed by atoms with Crippen LogP contribution in [0.15, 0.2) is 48.5 Å². The molecule has 1 atom stereocenters. The van der Waals surface area contributed by atoms with Gasteiger partial charge in [-0.05, 0) is 62.1 Å². The summed E-state index contributed by atoms with van der Waals surface area (Å²) in [5, 5.41) is 3.48. The van der Waals surface area contributed by atoms with Gasteiger partial charge in [-0.2, -0.15) is 0 Å². The van der Waals surface area contributed by atoms with Crippen molar-refractivity contribution in [1.29, 1.82) is 0 Å². The van der Waals surface area contributed by atoms with Gasteiger partial charge in [0.2, 0.25) is 11.8 Å². The molecule has 2 aromatic carbocycles. The van der Waals surface area contributed by atoms with Crippen LogP contribution >= 0.6 is 11.6 Å². The predicted molar refractivity (Wildman–Crippen MR) is 127 cm³/mol. The number of halogens is 1. The topological polar surface area (TPSA) is 69.7 Å². The average molecular weight is 456 g/mol. The van der Waals surface area contributed by atoms with Crippen molar-refractivity contribution in [3.05, 3.63) is 64.7 Å². The summed E-state index contributed by atoms with van der Waals surface area (Å²) in [6.45, 7) is 5.40. The average Bonchev–Trinajstić information content (AvgIpc) is 2.80. The van der Waals surface area contributed by atoms with Gasteiger partial charge >= 0.3 is 0 Å². The molecule has 0 radical (unpaired) electrons. The van der Waals surface area contributed by atoms with Crippen molar-refractivity contribution in [3.63, 3.8) is 0 Å². The van der Waals surface area contributed by atoms with Crippen molar-refractivity contribution < 1.29 is 14.4 Å². The fourth-order valence-electron chi connectivity index (χ4n) is 4.01. The molecule has 170 valence electrons. The molecular weight excluding hydrogens is 426 g/mol. The third kappa shape index (κ3) is 6.10. The van der Waals surface area contributed by atoms with E-state index in [9.17, 15) is 14.4 Å². The maximum atomic E-state index is 13.3. The van der Waals surface area contributed by atoms with Crippen LogP contribution in [0.3, 0.4) is 0 Å². The Morgan fingerprint density at radius 3 is 2.53 bits per heavy atom. The smallest absolute Gasteiger partial charge is 0.253 e. The molecule has 0 aromatic heterocycles. The Hall–Kier alpha value is -2.86. The molecule has 0 aliphatic carbocycles. The summed E-state index contributed by atoms with van der Waals surface area (Å²) in [6.07, 6.45) is 2.22. The van der Waals surface area contributed by atoms with Crippen LogP contribution in [0.5, 0.6) is 0 Å². The Morgan fingerprint density at radius 2 is 1.84 bits per heavy atom. The van der Waals surface area contributed by atoms with Gasteiger partial charge in [0.05, 0.1) is 12.5 Å². The molecule has 1 saturated heterocycles. The van der Waals surface area contributed by atoms with E-state index < -0.39 is 0 Å². The highest BCUT2D eigenvalue weighted by Crippen LogP contribution is 2.22. The summed E-state index contributed by atoms with van der Waals surface area (Å²) in [4.78, 5) is 42.2. The lowest BCUT2D eigenvalue weighted by atomic mass is 9.95.